The second kappa shape index (κ2) is 4.76. The Kier molecular flexibility index (Phi) is 3.16. The molecule has 0 saturated heterocycles. The van der Waals surface area contributed by atoms with Crippen molar-refractivity contribution in [2.45, 2.75) is 6.54 Å². The molecule has 82 valence electrons. The van der Waals surface area contributed by atoms with Crippen LogP contribution in [0.4, 0.5) is 5.13 Å². The molecular weight excluding hydrogens is 224 g/mol. The van der Waals surface area contributed by atoms with E-state index in [1.54, 1.807) is 0 Å². The van der Waals surface area contributed by atoms with E-state index >= 15 is 0 Å². The van der Waals surface area contributed by atoms with E-state index in [9.17, 15) is 9.90 Å². The maximum Gasteiger partial charge on any atom is 0.183 e. The lowest BCUT2D eigenvalue weighted by Gasteiger charge is -2.02. The smallest absolute Gasteiger partial charge is 0.183 e. The average molecular weight is 233 g/mol. The van der Waals surface area contributed by atoms with Crippen molar-refractivity contribution in [1.29, 1.82) is 0 Å². The fraction of sp³-hybridized carbons (Fsp3) is 0.0909. The first kappa shape index (κ1) is 10.6. The van der Waals surface area contributed by atoms with Crippen molar-refractivity contribution in [1.82, 2.24) is 4.98 Å². The fourth-order valence-electron chi connectivity index (χ4n) is 1.22. The SMILES string of the molecule is O=C([O-])c1csc(NCc2ccccc2)n1. The number of nitrogens with zero attached hydrogens (tertiary/aromatic N) is 1. The van der Waals surface area contributed by atoms with Gasteiger partial charge in [-0.3, -0.25) is 0 Å². The van der Waals surface area contributed by atoms with Crippen molar-refractivity contribution >= 4 is 22.4 Å². The zero-order valence-corrected chi connectivity index (χ0v) is 9.16. The molecule has 1 aromatic heterocycles. The lowest BCUT2D eigenvalue weighted by atomic mass is 10.2. The van der Waals surface area contributed by atoms with Gasteiger partial charge in [-0.15, -0.1) is 11.3 Å². The molecule has 16 heavy (non-hydrogen) atoms. The number of rotatable bonds is 4. The van der Waals surface area contributed by atoms with Crippen molar-refractivity contribution in [3.8, 4) is 0 Å². The first-order valence-corrected chi connectivity index (χ1v) is 5.58. The van der Waals surface area contributed by atoms with Gasteiger partial charge >= 0.3 is 0 Å². The number of thiazole rings is 1. The molecule has 0 aliphatic carbocycles. The summed E-state index contributed by atoms with van der Waals surface area (Å²) in [6.45, 7) is 0.626. The topological polar surface area (TPSA) is 65.0 Å². The van der Waals surface area contributed by atoms with Crippen molar-refractivity contribution in [3.63, 3.8) is 0 Å². The van der Waals surface area contributed by atoms with E-state index in [-0.39, 0.29) is 5.69 Å². The number of benzene rings is 1. The number of anilines is 1. The summed E-state index contributed by atoms with van der Waals surface area (Å²) in [6, 6.07) is 9.82. The molecule has 0 unspecified atom stereocenters. The maximum absolute atomic E-state index is 10.5. The number of aromatic nitrogens is 1. The Morgan fingerprint density at radius 2 is 2.12 bits per heavy atom. The number of carboxylic acid groups (broad SMARTS) is 1. The van der Waals surface area contributed by atoms with Crippen molar-refractivity contribution in [2.24, 2.45) is 0 Å². The number of carbonyl (C=O) groups excluding carboxylic acids is 1. The first-order valence-electron chi connectivity index (χ1n) is 4.70. The van der Waals surface area contributed by atoms with E-state index in [2.05, 4.69) is 10.3 Å². The number of carbonyl (C=O) groups is 1. The van der Waals surface area contributed by atoms with Crippen LogP contribution >= 0.6 is 11.3 Å². The molecule has 0 bridgehead atoms. The molecule has 0 fully saturated rings. The summed E-state index contributed by atoms with van der Waals surface area (Å²) in [7, 11) is 0. The number of nitrogens with one attached hydrogen (secondary N) is 1. The summed E-state index contributed by atoms with van der Waals surface area (Å²) in [6.07, 6.45) is 0. The molecule has 0 atom stereocenters. The molecule has 0 spiro atoms. The van der Waals surface area contributed by atoms with Crippen LogP contribution in [0.5, 0.6) is 0 Å². The van der Waals surface area contributed by atoms with Crippen LogP contribution in [-0.4, -0.2) is 11.0 Å². The van der Waals surface area contributed by atoms with Crippen LogP contribution in [0.25, 0.3) is 0 Å². The number of carboxylic acids is 1. The highest BCUT2D eigenvalue weighted by molar-refractivity contribution is 7.13. The molecule has 2 aromatic rings. The summed E-state index contributed by atoms with van der Waals surface area (Å²) in [4.78, 5) is 14.4. The highest BCUT2D eigenvalue weighted by Gasteiger charge is 2.01. The van der Waals surface area contributed by atoms with Crippen LogP contribution in [0.1, 0.15) is 16.1 Å². The van der Waals surface area contributed by atoms with Crippen LogP contribution in [-0.2, 0) is 6.54 Å². The highest BCUT2D eigenvalue weighted by atomic mass is 32.1. The predicted octanol–water partition coefficient (Wildman–Crippen LogP) is 1.12. The van der Waals surface area contributed by atoms with Gasteiger partial charge in [0, 0.05) is 11.9 Å². The van der Waals surface area contributed by atoms with Gasteiger partial charge in [0.15, 0.2) is 5.13 Å². The van der Waals surface area contributed by atoms with Gasteiger partial charge in [0.2, 0.25) is 0 Å². The summed E-state index contributed by atoms with van der Waals surface area (Å²) in [5.41, 5.74) is 1.09. The van der Waals surface area contributed by atoms with Crippen LogP contribution < -0.4 is 10.4 Å². The summed E-state index contributed by atoms with van der Waals surface area (Å²) >= 11 is 1.25. The second-order valence-corrected chi connectivity index (χ2v) is 4.02. The Labute approximate surface area is 96.6 Å². The Morgan fingerprint density at radius 1 is 1.38 bits per heavy atom. The lowest BCUT2D eigenvalue weighted by molar-refractivity contribution is -0.255. The predicted molar refractivity (Wildman–Crippen MR) is 60.2 cm³/mol. The van der Waals surface area contributed by atoms with Gasteiger partial charge in [-0.1, -0.05) is 30.3 Å². The normalized spacial score (nSPS) is 10.0. The van der Waals surface area contributed by atoms with Gasteiger partial charge in [0.25, 0.3) is 0 Å². The summed E-state index contributed by atoms with van der Waals surface area (Å²) in [5.74, 6) is -1.25. The van der Waals surface area contributed by atoms with E-state index < -0.39 is 5.97 Å². The Hall–Kier alpha value is -1.88. The molecule has 0 saturated carbocycles. The van der Waals surface area contributed by atoms with Crippen molar-refractivity contribution < 1.29 is 9.90 Å². The van der Waals surface area contributed by atoms with E-state index in [0.717, 1.165) is 5.56 Å². The minimum Gasteiger partial charge on any atom is -0.543 e. The molecular formula is C11H9N2O2S-. The van der Waals surface area contributed by atoms with Gasteiger partial charge in [-0.25, -0.2) is 4.98 Å². The lowest BCUT2D eigenvalue weighted by Crippen LogP contribution is -2.22. The molecule has 1 N–H and O–H groups in total. The summed E-state index contributed by atoms with van der Waals surface area (Å²) in [5, 5.41) is 15.6. The molecule has 0 radical (unpaired) electrons. The van der Waals surface area contributed by atoms with Crippen LogP contribution in [0.15, 0.2) is 35.7 Å². The highest BCUT2D eigenvalue weighted by Crippen LogP contribution is 2.15. The largest absolute Gasteiger partial charge is 0.543 e. The van der Waals surface area contributed by atoms with Gasteiger partial charge in [-0.05, 0) is 5.56 Å². The Balaban J connectivity index is 1.97. The average Bonchev–Trinajstić information content (AvgIpc) is 2.76. The van der Waals surface area contributed by atoms with Gasteiger partial charge < -0.3 is 15.2 Å². The zero-order chi connectivity index (χ0) is 11.4. The number of hydrogen-bond donors (Lipinski definition) is 1. The van der Waals surface area contributed by atoms with Crippen LogP contribution in [0.3, 0.4) is 0 Å². The minimum atomic E-state index is -1.25. The van der Waals surface area contributed by atoms with E-state index in [1.165, 1.54) is 16.7 Å². The van der Waals surface area contributed by atoms with Crippen LogP contribution in [0.2, 0.25) is 0 Å². The maximum atomic E-state index is 10.5. The van der Waals surface area contributed by atoms with Gasteiger partial charge in [0.1, 0.15) is 0 Å². The molecule has 4 nitrogen and oxygen atoms in total. The third-order valence-electron chi connectivity index (χ3n) is 2.00. The quantitative estimate of drug-likeness (QED) is 0.859. The molecule has 1 heterocycles. The van der Waals surface area contributed by atoms with Gasteiger partial charge in [-0.2, -0.15) is 0 Å². The zero-order valence-electron chi connectivity index (χ0n) is 8.34. The minimum absolute atomic E-state index is 0.0273. The molecule has 5 heteroatoms. The first-order chi connectivity index (χ1) is 7.75. The van der Waals surface area contributed by atoms with Gasteiger partial charge in [0.05, 0.1) is 11.7 Å². The van der Waals surface area contributed by atoms with Crippen molar-refractivity contribution in [3.05, 3.63) is 47.0 Å². The molecule has 2 rings (SSSR count). The second-order valence-electron chi connectivity index (χ2n) is 3.16. The van der Waals surface area contributed by atoms with E-state index in [0.29, 0.717) is 11.7 Å². The molecule has 1 aromatic carbocycles. The molecule has 0 amide bonds. The van der Waals surface area contributed by atoms with E-state index in [1.807, 2.05) is 30.3 Å². The summed E-state index contributed by atoms with van der Waals surface area (Å²) < 4.78 is 0. The molecule has 0 aliphatic rings. The Bertz CT molecular complexity index is 482. The Morgan fingerprint density at radius 3 is 2.75 bits per heavy atom. The number of aromatic carboxylic acids is 1. The van der Waals surface area contributed by atoms with Crippen molar-refractivity contribution in [2.75, 3.05) is 5.32 Å². The number of hydrogen-bond acceptors (Lipinski definition) is 5. The third-order valence-corrected chi connectivity index (χ3v) is 2.80. The third kappa shape index (κ3) is 2.58. The molecule has 0 aliphatic heterocycles. The van der Waals surface area contributed by atoms with Crippen LogP contribution in [0, 0.1) is 0 Å². The monoisotopic (exact) mass is 233 g/mol. The van der Waals surface area contributed by atoms with E-state index in [4.69, 9.17) is 0 Å². The standard InChI is InChI=1S/C11H10N2O2S/c14-10(15)9-7-16-11(13-9)12-6-8-4-2-1-3-5-8/h1-5,7H,6H2,(H,12,13)(H,14,15)/p-1. The fourth-order valence-corrected chi connectivity index (χ4v) is 1.90.